The minimum atomic E-state index is -0.984. The first-order valence-electron chi connectivity index (χ1n) is 10.1. The summed E-state index contributed by atoms with van der Waals surface area (Å²) in [5, 5.41) is 24.8. The molecule has 8 nitrogen and oxygen atoms in total. The molecular weight excluding hydrogens is 350 g/mol. The fraction of sp³-hybridized carbons (Fsp3) is 0.842. The van der Waals surface area contributed by atoms with E-state index in [-0.39, 0.29) is 17.6 Å². The van der Waals surface area contributed by atoms with Gasteiger partial charge in [0.15, 0.2) is 5.78 Å². The minimum Gasteiger partial charge on any atom is -0.480 e. The van der Waals surface area contributed by atoms with Crippen molar-refractivity contribution in [2.24, 2.45) is 17.6 Å². The molecule has 1 aliphatic heterocycles. The second kappa shape index (κ2) is 10.1. The third kappa shape index (κ3) is 5.73. The van der Waals surface area contributed by atoms with Gasteiger partial charge in [-0.05, 0) is 51.0 Å². The maximum Gasteiger partial charge on any atom is 0.320 e. The number of piperidine rings is 1. The number of hydrogen-bond acceptors (Lipinski definition) is 6. The highest BCUT2D eigenvalue weighted by atomic mass is 16.4. The Morgan fingerprint density at radius 1 is 1.19 bits per heavy atom. The molecule has 0 aromatic rings. The minimum absolute atomic E-state index is 0.131. The second-order valence-electron chi connectivity index (χ2n) is 7.95. The molecule has 0 spiro atoms. The van der Waals surface area contributed by atoms with Crippen molar-refractivity contribution in [1.82, 2.24) is 10.6 Å². The van der Waals surface area contributed by atoms with Crippen molar-refractivity contribution in [2.75, 3.05) is 6.54 Å². The van der Waals surface area contributed by atoms with Crippen molar-refractivity contribution in [3.05, 3.63) is 0 Å². The maximum absolute atomic E-state index is 13.1. The highest BCUT2D eigenvalue weighted by Crippen LogP contribution is 2.39. The van der Waals surface area contributed by atoms with Crippen molar-refractivity contribution in [1.29, 1.82) is 0 Å². The molecule has 1 aliphatic carbocycles. The Morgan fingerprint density at radius 3 is 2.52 bits per heavy atom. The molecule has 2 aliphatic rings. The standard InChI is InChI=1S/C19H33N3O5/c1-11(21-14(18(24)25)8-4-5-9-20)17(23)16-13-7-3-2-6-12(13)10-15(22-16)19(26)27/h11-16,21-22H,2-10,20H2,1H3,(H,24,25)(H,26,27)/t11-,12?,13?,14?,15?,16?/m0/s1. The fourth-order valence-electron chi connectivity index (χ4n) is 4.57. The lowest BCUT2D eigenvalue weighted by Gasteiger charge is -2.44. The summed E-state index contributed by atoms with van der Waals surface area (Å²) in [5.41, 5.74) is 5.46. The quantitative estimate of drug-likeness (QED) is 0.348. The number of unbranched alkanes of at least 4 members (excludes halogenated alkanes) is 1. The number of hydrogen-bond donors (Lipinski definition) is 5. The van der Waals surface area contributed by atoms with Crippen LogP contribution < -0.4 is 16.4 Å². The van der Waals surface area contributed by atoms with Gasteiger partial charge in [-0.1, -0.05) is 25.7 Å². The summed E-state index contributed by atoms with van der Waals surface area (Å²) < 4.78 is 0. The molecule has 0 bridgehead atoms. The summed E-state index contributed by atoms with van der Waals surface area (Å²) in [4.78, 5) is 36.1. The normalized spacial score (nSPS) is 30.1. The van der Waals surface area contributed by atoms with Gasteiger partial charge in [0.1, 0.15) is 12.1 Å². The Morgan fingerprint density at radius 2 is 1.89 bits per heavy atom. The zero-order valence-corrected chi connectivity index (χ0v) is 16.0. The zero-order chi connectivity index (χ0) is 20.0. The van der Waals surface area contributed by atoms with Crippen LogP contribution >= 0.6 is 0 Å². The van der Waals surface area contributed by atoms with Gasteiger partial charge in [-0.15, -0.1) is 0 Å². The molecular formula is C19H33N3O5. The number of ketones is 1. The van der Waals surface area contributed by atoms with Crippen LogP contribution in [0.1, 0.15) is 58.3 Å². The van der Waals surface area contributed by atoms with Crippen LogP contribution in [0.3, 0.4) is 0 Å². The average Bonchev–Trinajstić information content (AvgIpc) is 2.65. The molecule has 27 heavy (non-hydrogen) atoms. The summed E-state index contributed by atoms with van der Waals surface area (Å²) in [7, 11) is 0. The molecule has 5 unspecified atom stereocenters. The summed E-state index contributed by atoms with van der Waals surface area (Å²) in [6, 6.07) is -2.72. The number of Topliss-reactive ketones (excluding diaryl/α,β-unsaturated/α-hetero) is 1. The number of rotatable bonds is 10. The molecule has 1 saturated heterocycles. The predicted molar refractivity (Wildman–Crippen MR) is 100 cm³/mol. The second-order valence-corrected chi connectivity index (χ2v) is 7.95. The number of carbonyl (C=O) groups is 3. The monoisotopic (exact) mass is 383 g/mol. The Balaban J connectivity index is 2.05. The molecule has 0 aromatic carbocycles. The van der Waals surface area contributed by atoms with Crippen molar-refractivity contribution >= 4 is 17.7 Å². The largest absolute Gasteiger partial charge is 0.480 e. The molecule has 154 valence electrons. The Hall–Kier alpha value is -1.51. The average molecular weight is 383 g/mol. The van der Waals surface area contributed by atoms with E-state index < -0.39 is 36.1 Å². The first-order valence-corrected chi connectivity index (χ1v) is 10.1. The lowest BCUT2D eigenvalue weighted by Crippen LogP contribution is -2.62. The van der Waals surface area contributed by atoms with Crippen LogP contribution in [0.2, 0.25) is 0 Å². The van der Waals surface area contributed by atoms with Gasteiger partial charge in [0.25, 0.3) is 0 Å². The summed E-state index contributed by atoms with van der Waals surface area (Å²) in [6.07, 6.45) is 6.36. The number of carboxylic acids is 2. The summed E-state index contributed by atoms with van der Waals surface area (Å²) in [5.74, 6) is -1.68. The number of nitrogens with one attached hydrogen (secondary N) is 2. The van der Waals surface area contributed by atoms with Crippen molar-refractivity contribution in [3.8, 4) is 0 Å². The molecule has 1 heterocycles. The molecule has 6 N–H and O–H groups in total. The van der Waals surface area contributed by atoms with E-state index in [0.717, 1.165) is 32.1 Å². The SMILES string of the molecule is C[C@H](NC(CCCCN)C(=O)O)C(=O)C1NC(C(=O)O)CC2CCCCC21. The molecule has 6 atom stereocenters. The Kier molecular flexibility index (Phi) is 8.19. The van der Waals surface area contributed by atoms with E-state index in [4.69, 9.17) is 5.73 Å². The van der Waals surface area contributed by atoms with Crippen molar-refractivity contribution in [2.45, 2.75) is 82.5 Å². The first-order chi connectivity index (χ1) is 12.8. The number of carboxylic acid groups (broad SMARTS) is 2. The van der Waals surface area contributed by atoms with Crippen LogP contribution in [-0.2, 0) is 14.4 Å². The van der Waals surface area contributed by atoms with Crippen LogP contribution in [0, 0.1) is 11.8 Å². The van der Waals surface area contributed by atoms with E-state index in [0.29, 0.717) is 25.8 Å². The maximum atomic E-state index is 13.1. The van der Waals surface area contributed by atoms with Gasteiger partial charge in [-0.25, -0.2) is 0 Å². The molecule has 0 amide bonds. The third-order valence-corrected chi connectivity index (χ3v) is 6.04. The first kappa shape index (κ1) is 21.8. The van der Waals surface area contributed by atoms with Gasteiger partial charge in [0.05, 0.1) is 12.1 Å². The van der Waals surface area contributed by atoms with Gasteiger partial charge in [0.2, 0.25) is 0 Å². The van der Waals surface area contributed by atoms with Crippen molar-refractivity contribution in [3.63, 3.8) is 0 Å². The third-order valence-electron chi connectivity index (χ3n) is 6.04. The molecule has 2 fully saturated rings. The van der Waals surface area contributed by atoms with Crippen LogP contribution in [0.4, 0.5) is 0 Å². The van der Waals surface area contributed by atoms with Crippen LogP contribution in [0.25, 0.3) is 0 Å². The predicted octanol–water partition coefficient (Wildman–Crippen LogP) is 0.737. The van der Waals surface area contributed by atoms with Crippen molar-refractivity contribution < 1.29 is 24.6 Å². The number of carbonyl (C=O) groups excluding carboxylic acids is 1. The Labute approximate surface area is 160 Å². The lowest BCUT2D eigenvalue weighted by atomic mass is 9.68. The van der Waals surface area contributed by atoms with E-state index in [1.807, 2.05) is 0 Å². The Bertz CT molecular complexity index is 541. The smallest absolute Gasteiger partial charge is 0.320 e. The fourth-order valence-corrected chi connectivity index (χ4v) is 4.57. The topological polar surface area (TPSA) is 142 Å². The summed E-state index contributed by atoms with van der Waals surface area (Å²) >= 11 is 0. The number of fused-ring (bicyclic) bond motifs is 1. The number of aliphatic carboxylic acids is 2. The van der Waals surface area contributed by atoms with Crippen LogP contribution in [-0.4, -0.2) is 58.6 Å². The van der Waals surface area contributed by atoms with E-state index in [9.17, 15) is 24.6 Å². The molecule has 2 rings (SSSR count). The molecule has 0 aromatic heterocycles. The number of nitrogens with two attached hydrogens (primary N) is 1. The van der Waals surface area contributed by atoms with Crippen LogP contribution in [0.5, 0.6) is 0 Å². The van der Waals surface area contributed by atoms with Gasteiger partial charge < -0.3 is 15.9 Å². The zero-order valence-electron chi connectivity index (χ0n) is 16.0. The highest BCUT2D eigenvalue weighted by molar-refractivity contribution is 5.90. The van der Waals surface area contributed by atoms with E-state index in [1.54, 1.807) is 6.92 Å². The summed E-state index contributed by atoms with van der Waals surface area (Å²) in [6.45, 7) is 2.18. The van der Waals surface area contributed by atoms with Crippen LogP contribution in [0.15, 0.2) is 0 Å². The van der Waals surface area contributed by atoms with E-state index >= 15 is 0 Å². The molecule has 1 saturated carbocycles. The molecule has 8 heteroatoms. The lowest BCUT2D eigenvalue weighted by molar-refractivity contribution is -0.143. The van der Waals surface area contributed by atoms with Gasteiger partial charge in [-0.2, -0.15) is 0 Å². The van der Waals surface area contributed by atoms with Gasteiger partial charge in [0, 0.05) is 0 Å². The molecule has 0 radical (unpaired) electrons. The van der Waals surface area contributed by atoms with E-state index in [2.05, 4.69) is 10.6 Å². The van der Waals surface area contributed by atoms with Gasteiger partial charge >= 0.3 is 11.9 Å². The van der Waals surface area contributed by atoms with E-state index in [1.165, 1.54) is 0 Å². The van der Waals surface area contributed by atoms with Gasteiger partial charge in [-0.3, -0.25) is 25.0 Å². The highest BCUT2D eigenvalue weighted by Gasteiger charge is 2.44.